The number of ether oxygens (including phenoxy) is 1. The minimum absolute atomic E-state index is 0.0408. The molecule has 2 rings (SSSR count). The minimum atomic E-state index is -0.118. The van der Waals surface area contributed by atoms with Gasteiger partial charge in [0.2, 0.25) is 0 Å². The topological polar surface area (TPSA) is 80.5 Å². The number of hydrogen-bond donors (Lipinski definition) is 2. The summed E-state index contributed by atoms with van der Waals surface area (Å²) in [5, 5.41) is 3.93. The average molecular weight is 312 g/mol. The molecule has 0 saturated carbocycles. The fourth-order valence-electron chi connectivity index (χ4n) is 2.35. The number of aromatic nitrogens is 1. The summed E-state index contributed by atoms with van der Waals surface area (Å²) in [6.07, 6.45) is 0.0815. The molecule has 1 saturated heterocycles. The highest BCUT2D eigenvalue weighted by Gasteiger charge is 2.29. The second kappa shape index (κ2) is 5.81. The van der Waals surface area contributed by atoms with Crippen LogP contribution in [0.15, 0.2) is 0 Å². The predicted molar refractivity (Wildman–Crippen MR) is 85.8 cm³/mol. The van der Waals surface area contributed by atoms with Crippen molar-refractivity contribution in [3.63, 3.8) is 0 Å². The van der Waals surface area contributed by atoms with Crippen LogP contribution >= 0.6 is 11.3 Å². The van der Waals surface area contributed by atoms with Crippen LogP contribution in [0, 0.1) is 0 Å². The monoisotopic (exact) mass is 312 g/mol. The molecule has 3 N–H and O–H groups in total. The van der Waals surface area contributed by atoms with E-state index in [0.29, 0.717) is 28.9 Å². The summed E-state index contributed by atoms with van der Waals surface area (Å²) in [4.78, 5) is 19.2. The van der Waals surface area contributed by atoms with Gasteiger partial charge in [-0.15, -0.1) is 0 Å². The highest BCUT2D eigenvalue weighted by Crippen LogP contribution is 2.29. The highest BCUT2D eigenvalue weighted by atomic mass is 32.1. The Morgan fingerprint density at radius 3 is 2.48 bits per heavy atom. The van der Waals surface area contributed by atoms with E-state index in [2.05, 4.69) is 10.3 Å². The number of morpholine rings is 1. The average Bonchev–Trinajstić information content (AvgIpc) is 2.65. The fourth-order valence-corrected chi connectivity index (χ4v) is 3.41. The second-order valence-electron chi connectivity index (χ2n) is 6.58. The van der Waals surface area contributed by atoms with Crippen LogP contribution in [0.1, 0.15) is 44.3 Å². The van der Waals surface area contributed by atoms with E-state index in [0.717, 1.165) is 0 Å². The number of nitrogen functional groups attached to an aromatic ring is 1. The minimum Gasteiger partial charge on any atom is -0.382 e. The number of carbonyl (C=O) groups excluding carboxylic acids is 1. The van der Waals surface area contributed by atoms with E-state index < -0.39 is 0 Å². The molecule has 118 valence electrons. The Bertz CT molecular complexity index is 514. The molecule has 0 aliphatic carbocycles. The normalized spacial score (nSPS) is 23.2. The predicted octanol–water partition coefficient (Wildman–Crippen LogP) is 2.19. The third-order valence-electron chi connectivity index (χ3n) is 3.04. The van der Waals surface area contributed by atoms with Crippen molar-refractivity contribution in [1.29, 1.82) is 0 Å². The van der Waals surface area contributed by atoms with Gasteiger partial charge in [-0.2, -0.15) is 0 Å². The van der Waals surface area contributed by atoms with Crippen LogP contribution in [-0.2, 0) is 4.74 Å². The first-order valence-electron chi connectivity index (χ1n) is 7.15. The first kappa shape index (κ1) is 16.0. The summed E-state index contributed by atoms with van der Waals surface area (Å²) in [6.45, 7) is 11.2. The van der Waals surface area contributed by atoms with Crippen molar-refractivity contribution in [3.8, 4) is 0 Å². The van der Waals surface area contributed by atoms with E-state index in [-0.39, 0.29) is 23.7 Å². The zero-order valence-electron chi connectivity index (χ0n) is 13.3. The lowest BCUT2D eigenvalue weighted by molar-refractivity contribution is -0.0584. The maximum absolute atomic E-state index is 12.6. The van der Waals surface area contributed by atoms with Crippen molar-refractivity contribution in [2.75, 3.05) is 24.1 Å². The summed E-state index contributed by atoms with van der Waals surface area (Å²) in [7, 11) is 0. The Morgan fingerprint density at radius 2 is 1.95 bits per heavy atom. The highest BCUT2D eigenvalue weighted by molar-refractivity contribution is 7.18. The molecule has 7 heteroatoms. The lowest BCUT2D eigenvalue weighted by Crippen LogP contribution is -2.48. The van der Waals surface area contributed by atoms with E-state index in [1.807, 2.05) is 34.6 Å². The number of rotatable bonds is 2. The second-order valence-corrected chi connectivity index (χ2v) is 7.57. The fraction of sp³-hybridized carbons (Fsp3) is 0.714. The van der Waals surface area contributed by atoms with Crippen LogP contribution in [0.2, 0.25) is 0 Å². The molecule has 6 nitrogen and oxygen atoms in total. The van der Waals surface area contributed by atoms with Crippen LogP contribution in [0.3, 0.4) is 0 Å². The van der Waals surface area contributed by atoms with Crippen molar-refractivity contribution in [2.24, 2.45) is 0 Å². The Hall–Kier alpha value is -1.34. The van der Waals surface area contributed by atoms with Crippen LogP contribution in [0.25, 0.3) is 0 Å². The number of amides is 1. The van der Waals surface area contributed by atoms with E-state index in [9.17, 15) is 4.79 Å². The molecule has 0 aromatic carbocycles. The van der Waals surface area contributed by atoms with Gasteiger partial charge >= 0.3 is 0 Å². The van der Waals surface area contributed by atoms with Crippen LogP contribution in [-0.4, -0.2) is 46.6 Å². The molecule has 1 aliphatic rings. The SMILES string of the molecule is C[C@@H]1CN(C(=O)c2sc(NC(C)(C)C)nc2N)C[C@H](C)O1. The Morgan fingerprint density at radius 1 is 1.38 bits per heavy atom. The number of hydrogen-bond acceptors (Lipinski definition) is 6. The molecule has 1 aromatic rings. The van der Waals surface area contributed by atoms with Crippen LogP contribution < -0.4 is 11.1 Å². The molecule has 21 heavy (non-hydrogen) atoms. The molecule has 1 aromatic heterocycles. The third-order valence-corrected chi connectivity index (χ3v) is 4.01. The van der Waals surface area contributed by atoms with E-state index in [1.165, 1.54) is 11.3 Å². The Labute approximate surface area is 129 Å². The van der Waals surface area contributed by atoms with Gasteiger partial charge in [-0.3, -0.25) is 4.79 Å². The van der Waals surface area contributed by atoms with Gasteiger partial charge in [0.15, 0.2) is 5.13 Å². The summed E-state index contributed by atoms with van der Waals surface area (Å²) in [6, 6.07) is 0. The molecule has 2 heterocycles. The molecule has 0 radical (unpaired) electrons. The Balaban J connectivity index is 2.15. The van der Waals surface area contributed by atoms with Crippen LogP contribution in [0.5, 0.6) is 0 Å². The molecule has 0 unspecified atom stereocenters. The Kier molecular flexibility index (Phi) is 4.43. The van der Waals surface area contributed by atoms with Crippen molar-refractivity contribution >= 4 is 28.2 Å². The number of carbonyl (C=O) groups is 1. The number of nitrogens with two attached hydrogens (primary N) is 1. The van der Waals surface area contributed by atoms with Crippen LogP contribution in [0.4, 0.5) is 10.9 Å². The summed E-state index contributed by atoms with van der Waals surface area (Å²) in [5.41, 5.74) is 5.80. The van der Waals surface area contributed by atoms with Gasteiger partial charge < -0.3 is 20.7 Å². The summed E-state index contributed by atoms with van der Waals surface area (Å²) >= 11 is 1.31. The molecular formula is C14H24N4O2S. The molecule has 1 aliphatic heterocycles. The molecule has 0 spiro atoms. The van der Waals surface area contributed by atoms with E-state index >= 15 is 0 Å². The van der Waals surface area contributed by atoms with E-state index in [4.69, 9.17) is 10.5 Å². The van der Waals surface area contributed by atoms with Gasteiger partial charge in [-0.1, -0.05) is 11.3 Å². The van der Waals surface area contributed by atoms with Gasteiger partial charge in [0.05, 0.1) is 12.2 Å². The molecule has 0 bridgehead atoms. The first-order valence-corrected chi connectivity index (χ1v) is 7.96. The molecule has 2 atom stereocenters. The van der Waals surface area contributed by atoms with Gasteiger partial charge in [-0.05, 0) is 34.6 Å². The third kappa shape index (κ3) is 4.07. The summed E-state index contributed by atoms with van der Waals surface area (Å²) in [5.74, 6) is 0.234. The zero-order chi connectivity index (χ0) is 15.8. The first-order chi connectivity index (χ1) is 9.65. The maximum Gasteiger partial charge on any atom is 0.268 e. The van der Waals surface area contributed by atoms with Gasteiger partial charge in [0.1, 0.15) is 10.7 Å². The number of thiazole rings is 1. The maximum atomic E-state index is 12.6. The number of nitrogens with zero attached hydrogens (tertiary/aromatic N) is 2. The molecule has 1 amide bonds. The van der Waals surface area contributed by atoms with E-state index in [1.54, 1.807) is 4.90 Å². The van der Waals surface area contributed by atoms with Gasteiger partial charge in [0.25, 0.3) is 5.91 Å². The number of anilines is 2. The smallest absolute Gasteiger partial charge is 0.268 e. The van der Waals surface area contributed by atoms with Crippen molar-refractivity contribution in [2.45, 2.75) is 52.4 Å². The largest absolute Gasteiger partial charge is 0.382 e. The standard InChI is InChI=1S/C14H24N4O2S/c1-8-6-18(7-9(2)20-8)12(19)10-11(15)16-13(21-10)17-14(3,4)5/h8-9H,6-7,15H2,1-5H3,(H,16,17)/t8-,9+. The zero-order valence-corrected chi connectivity index (χ0v) is 14.1. The molecular weight excluding hydrogens is 288 g/mol. The molecule has 1 fully saturated rings. The van der Waals surface area contributed by atoms with Crippen molar-refractivity contribution in [1.82, 2.24) is 9.88 Å². The lowest BCUT2D eigenvalue weighted by Gasteiger charge is -2.35. The van der Waals surface area contributed by atoms with Gasteiger partial charge in [0, 0.05) is 18.6 Å². The lowest BCUT2D eigenvalue weighted by atomic mass is 10.1. The van der Waals surface area contributed by atoms with Crippen molar-refractivity contribution < 1.29 is 9.53 Å². The van der Waals surface area contributed by atoms with Gasteiger partial charge in [-0.25, -0.2) is 4.98 Å². The summed E-state index contributed by atoms with van der Waals surface area (Å²) < 4.78 is 5.65. The quantitative estimate of drug-likeness (QED) is 0.875. The van der Waals surface area contributed by atoms with Crippen molar-refractivity contribution in [3.05, 3.63) is 4.88 Å². The number of nitrogens with one attached hydrogen (secondary N) is 1.